The van der Waals surface area contributed by atoms with Crippen LogP contribution in [0.15, 0.2) is 53.4 Å². The summed E-state index contributed by atoms with van der Waals surface area (Å²) in [5, 5.41) is 11.9. The monoisotopic (exact) mass is 526 g/mol. The topological polar surface area (TPSA) is 109 Å². The third-order valence-electron chi connectivity index (χ3n) is 6.22. The van der Waals surface area contributed by atoms with E-state index in [2.05, 4.69) is 22.4 Å². The molecule has 0 spiro atoms. The third-order valence-corrected chi connectivity index (χ3v) is 9.02. The minimum Gasteiger partial charge on any atom is -0.312 e. The van der Waals surface area contributed by atoms with Crippen molar-refractivity contribution in [2.24, 2.45) is 5.92 Å². The normalized spacial score (nSPS) is 16.1. The highest BCUT2D eigenvalue weighted by Gasteiger charge is 2.34. The molecule has 2 aromatic carbocycles. The number of sulfone groups is 1. The Morgan fingerprint density at radius 2 is 1.86 bits per heavy atom. The van der Waals surface area contributed by atoms with Gasteiger partial charge in [-0.2, -0.15) is 0 Å². The molecule has 0 aliphatic carbocycles. The molecule has 1 unspecified atom stereocenters. The molecule has 0 bridgehead atoms. The first-order valence-electron chi connectivity index (χ1n) is 12.0. The van der Waals surface area contributed by atoms with Crippen LogP contribution in [0.5, 0.6) is 0 Å². The minimum atomic E-state index is -3.61. The molecule has 4 rings (SSSR count). The molecule has 1 aromatic heterocycles. The van der Waals surface area contributed by atoms with Crippen molar-refractivity contribution in [1.82, 2.24) is 10.2 Å². The average Bonchev–Trinajstić information content (AvgIpc) is 3.49. The summed E-state index contributed by atoms with van der Waals surface area (Å²) in [5.41, 5.74) is 2.14. The van der Waals surface area contributed by atoms with Crippen molar-refractivity contribution in [2.45, 2.75) is 50.8 Å². The summed E-state index contributed by atoms with van der Waals surface area (Å²) in [4.78, 5) is 27.4. The number of rotatable bonds is 9. The molecule has 190 valence electrons. The molecule has 2 heterocycles. The van der Waals surface area contributed by atoms with Crippen LogP contribution in [-0.2, 0) is 21.1 Å². The van der Waals surface area contributed by atoms with Gasteiger partial charge in [0.05, 0.1) is 16.2 Å². The molecule has 1 atom stereocenters. The van der Waals surface area contributed by atoms with Gasteiger partial charge < -0.3 is 4.90 Å². The third kappa shape index (κ3) is 5.82. The van der Waals surface area contributed by atoms with E-state index < -0.39 is 15.7 Å². The van der Waals surface area contributed by atoms with Gasteiger partial charge >= 0.3 is 0 Å². The van der Waals surface area contributed by atoms with E-state index in [1.54, 1.807) is 17.0 Å². The Morgan fingerprint density at radius 3 is 2.56 bits per heavy atom. The zero-order valence-electron chi connectivity index (χ0n) is 20.6. The Hall–Kier alpha value is -3.11. The van der Waals surface area contributed by atoms with Gasteiger partial charge in [0.25, 0.3) is 5.91 Å². The Kier molecular flexibility index (Phi) is 7.85. The first kappa shape index (κ1) is 26.0. The number of nitrogens with one attached hydrogen (secondary N) is 1. The Bertz CT molecular complexity index is 1350. The molecule has 3 aromatic rings. The lowest BCUT2D eigenvalue weighted by atomic mass is 10.1. The van der Waals surface area contributed by atoms with Gasteiger partial charge in [-0.15, -0.1) is 10.2 Å². The largest absolute Gasteiger partial charge is 0.312 e. The van der Waals surface area contributed by atoms with Crippen molar-refractivity contribution in [3.05, 3.63) is 64.7 Å². The van der Waals surface area contributed by atoms with E-state index >= 15 is 0 Å². The fraction of sp³-hybridized carbons (Fsp3) is 0.385. The summed E-state index contributed by atoms with van der Waals surface area (Å²) in [5.74, 6) is -0.456. The predicted octanol–water partition coefficient (Wildman–Crippen LogP) is 4.69. The van der Waals surface area contributed by atoms with Crippen LogP contribution in [0.25, 0.3) is 0 Å². The Morgan fingerprint density at radius 1 is 1.14 bits per heavy atom. The van der Waals surface area contributed by atoms with Crippen LogP contribution in [0.1, 0.15) is 60.5 Å². The number of anilines is 2. The van der Waals surface area contributed by atoms with Crippen molar-refractivity contribution in [1.29, 1.82) is 0 Å². The zero-order chi connectivity index (χ0) is 25.9. The summed E-state index contributed by atoms with van der Waals surface area (Å²) in [6, 6.07) is 14.2. The summed E-state index contributed by atoms with van der Waals surface area (Å²) in [6.45, 7) is 6.49. The molecule has 8 nitrogen and oxygen atoms in total. The van der Waals surface area contributed by atoms with Gasteiger partial charge in [0.1, 0.15) is 5.01 Å². The van der Waals surface area contributed by atoms with Gasteiger partial charge in [-0.05, 0) is 48.6 Å². The number of aryl methyl sites for hydroxylation is 1. The number of hydrogen-bond acceptors (Lipinski definition) is 7. The maximum Gasteiger partial charge on any atom is 0.258 e. The van der Waals surface area contributed by atoms with E-state index in [1.165, 1.54) is 29.0 Å². The number of benzene rings is 2. The SMILES string of the molecule is CCc1ccc(N2CC(c3nnc(NC(=O)c4ccccc4S(=O)(=O)CCC(C)C)s3)CC2=O)cc1. The molecule has 1 aliphatic heterocycles. The van der Waals surface area contributed by atoms with E-state index in [1.807, 2.05) is 38.1 Å². The summed E-state index contributed by atoms with van der Waals surface area (Å²) in [6.07, 6.45) is 1.76. The highest BCUT2D eigenvalue weighted by atomic mass is 32.2. The number of hydrogen-bond donors (Lipinski definition) is 1. The molecule has 0 radical (unpaired) electrons. The van der Waals surface area contributed by atoms with E-state index in [9.17, 15) is 18.0 Å². The number of nitrogens with zero attached hydrogens (tertiary/aromatic N) is 3. The van der Waals surface area contributed by atoms with E-state index in [-0.39, 0.29) is 39.1 Å². The fourth-order valence-corrected chi connectivity index (χ4v) is 6.69. The minimum absolute atomic E-state index is 0.0130. The molecule has 1 saturated heterocycles. The Labute approximate surface area is 215 Å². The first-order valence-corrected chi connectivity index (χ1v) is 14.5. The van der Waals surface area contributed by atoms with E-state index in [0.717, 1.165) is 12.1 Å². The first-order chi connectivity index (χ1) is 17.2. The van der Waals surface area contributed by atoms with Crippen LogP contribution < -0.4 is 10.2 Å². The molecular weight excluding hydrogens is 496 g/mol. The highest BCUT2D eigenvalue weighted by molar-refractivity contribution is 7.91. The fourth-order valence-electron chi connectivity index (χ4n) is 4.07. The summed E-state index contributed by atoms with van der Waals surface area (Å²) in [7, 11) is -3.61. The number of carbonyl (C=O) groups excluding carboxylic acids is 2. The van der Waals surface area contributed by atoms with Gasteiger partial charge in [-0.1, -0.05) is 56.4 Å². The molecule has 0 saturated carbocycles. The number of aromatic nitrogens is 2. The smallest absolute Gasteiger partial charge is 0.258 e. The summed E-state index contributed by atoms with van der Waals surface area (Å²) < 4.78 is 25.7. The van der Waals surface area contributed by atoms with Gasteiger partial charge in [-0.3, -0.25) is 14.9 Å². The lowest BCUT2D eigenvalue weighted by Crippen LogP contribution is -2.24. The standard InChI is InChI=1S/C26H30N4O4S2/c1-4-18-9-11-20(12-10-18)30-16-19(15-23(30)31)25-28-29-26(35-25)27-24(32)21-7-5-6-8-22(21)36(33,34)14-13-17(2)3/h5-12,17,19H,4,13-16H2,1-3H3,(H,27,29,32). The molecule has 2 amide bonds. The molecule has 1 N–H and O–H groups in total. The highest BCUT2D eigenvalue weighted by Crippen LogP contribution is 2.34. The van der Waals surface area contributed by atoms with Crippen LogP contribution in [0.3, 0.4) is 0 Å². The van der Waals surface area contributed by atoms with Gasteiger partial charge in [0, 0.05) is 24.6 Å². The maximum absolute atomic E-state index is 13.0. The molecule has 36 heavy (non-hydrogen) atoms. The molecular formula is C26H30N4O4S2. The van der Waals surface area contributed by atoms with E-state index in [0.29, 0.717) is 24.4 Å². The number of amides is 2. The van der Waals surface area contributed by atoms with Crippen molar-refractivity contribution in [3.63, 3.8) is 0 Å². The quantitative estimate of drug-likeness (QED) is 0.433. The predicted molar refractivity (Wildman–Crippen MR) is 141 cm³/mol. The maximum atomic E-state index is 13.0. The zero-order valence-corrected chi connectivity index (χ0v) is 22.2. The van der Waals surface area contributed by atoms with Crippen LogP contribution in [-0.4, -0.2) is 42.7 Å². The Balaban J connectivity index is 1.46. The van der Waals surface area contributed by atoms with E-state index in [4.69, 9.17) is 0 Å². The summed E-state index contributed by atoms with van der Waals surface area (Å²) >= 11 is 1.20. The lowest BCUT2D eigenvalue weighted by molar-refractivity contribution is -0.117. The van der Waals surface area contributed by atoms with Crippen molar-refractivity contribution in [3.8, 4) is 0 Å². The molecule has 1 aliphatic rings. The lowest BCUT2D eigenvalue weighted by Gasteiger charge is -2.16. The van der Waals surface area contributed by atoms with Crippen LogP contribution >= 0.6 is 11.3 Å². The second kappa shape index (κ2) is 10.9. The average molecular weight is 527 g/mol. The van der Waals surface area contributed by atoms with Gasteiger partial charge in [-0.25, -0.2) is 8.42 Å². The van der Waals surface area contributed by atoms with Crippen molar-refractivity contribution >= 4 is 43.8 Å². The second-order valence-corrected chi connectivity index (χ2v) is 12.4. The van der Waals surface area contributed by atoms with Gasteiger partial charge in [0.2, 0.25) is 11.0 Å². The second-order valence-electron chi connectivity index (χ2n) is 9.32. The molecule has 1 fully saturated rings. The van der Waals surface area contributed by atoms with Crippen LogP contribution in [0.2, 0.25) is 0 Å². The van der Waals surface area contributed by atoms with Crippen molar-refractivity contribution < 1.29 is 18.0 Å². The van der Waals surface area contributed by atoms with Gasteiger partial charge in [0.15, 0.2) is 9.84 Å². The van der Waals surface area contributed by atoms with Crippen LogP contribution in [0, 0.1) is 5.92 Å². The number of carbonyl (C=O) groups is 2. The van der Waals surface area contributed by atoms with Crippen LogP contribution in [0.4, 0.5) is 10.8 Å². The molecule has 10 heteroatoms. The van der Waals surface area contributed by atoms with Crippen molar-refractivity contribution in [2.75, 3.05) is 22.5 Å².